The second kappa shape index (κ2) is 5.85. The fourth-order valence-electron chi connectivity index (χ4n) is 1.52. The highest BCUT2D eigenvalue weighted by Crippen LogP contribution is 2.32. The van der Waals surface area contributed by atoms with Crippen LogP contribution in [-0.2, 0) is 20.9 Å². The summed E-state index contributed by atoms with van der Waals surface area (Å²) >= 11 is 1.50. The first kappa shape index (κ1) is 12.9. The van der Waals surface area contributed by atoms with Crippen molar-refractivity contribution < 1.29 is 14.3 Å². The maximum absolute atomic E-state index is 11.2. The summed E-state index contributed by atoms with van der Waals surface area (Å²) in [6.07, 6.45) is 0. The van der Waals surface area contributed by atoms with Crippen LogP contribution >= 0.6 is 11.8 Å². The van der Waals surface area contributed by atoms with E-state index >= 15 is 0 Å². The molecule has 0 fully saturated rings. The molecular formula is C11H13N3O3S. The number of carbonyl (C=O) groups excluding carboxylic acids is 2. The van der Waals surface area contributed by atoms with E-state index in [0.717, 1.165) is 16.1 Å². The first-order valence-corrected chi connectivity index (χ1v) is 6.30. The summed E-state index contributed by atoms with van der Waals surface area (Å²) in [6.45, 7) is 0.204. The molecule has 1 heterocycles. The number of anilines is 1. The molecule has 0 bridgehead atoms. The third kappa shape index (κ3) is 3.22. The lowest BCUT2D eigenvalue weighted by Crippen LogP contribution is -2.33. The van der Waals surface area contributed by atoms with Crippen molar-refractivity contribution in [1.29, 1.82) is 0 Å². The fraction of sp³-hybridized carbons (Fsp3) is 0.273. The van der Waals surface area contributed by atoms with Gasteiger partial charge in [-0.3, -0.25) is 15.0 Å². The van der Waals surface area contributed by atoms with Gasteiger partial charge in [0, 0.05) is 4.90 Å². The predicted molar refractivity (Wildman–Crippen MR) is 67.8 cm³/mol. The summed E-state index contributed by atoms with van der Waals surface area (Å²) in [4.78, 5) is 23.1. The number of carbonyl (C=O) groups is 2. The highest BCUT2D eigenvalue weighted by atomic mass is 32.2. The first-order valence-electron chi connectivity index (χ1n) is 5.32. The Kier molecular flexibility index (Phi) is 4.19. The van der Waals surface area contributed by atoms with Crippen LogP contribution in [0.1, 0.15) is 5.56 Å². The molecule has 96 valence electrons. The van der Waals surface area contributed by atoms with Crippen molar-refractivity contribution in [3.63, 3.8) is 0 Å². The molecule has 1 aromatic rings. The normalized spacial score (nSPS) is 13.7. The predicted octanol–water partition coefficient (Wildman–Crippen LogP) is 0.237. The van der Waals surface area contributed by atoms with E-state index in [2.05, 4.69) is 5.32 Å². The highest BCUT2D eigenvalue weighted by Gasteiger charge is 2.15. The summed E-state index contributed by atoms with van der Waals surface area (Å²) in [7, 11) is 0. The Morgan fingerprint density at radius 2 is 2.39 bits per heavy atom. The van der Waals surface area contributed by atoms with E-state index in [1.807, 2.05) is 23.6 Å². The van der Waals surface area contributed by atoms with E-state index in [4.69, 9.17) is 10.6 Å². The topological polar surface area (TPSA) is 93.4 Å². The lowest BCUT2D eigenvalue weighted by Gasteiger charge is -2.17. The van der Waals surface area contributed by atoms with Gasteiger partial charge < -0.3 is 10.1 Å². The minimum Gasteiger partial charge on any atom is -0.367 e. The minimum absolute atomic E-state index is 0.00641. The first-order chi connectivity index (χ1) is 8.69. The number of amides is 2. The lowest BCUT2D eigenvalue weighted by atomic mass is 10.2. The second-order valence-electron chi connectivity index (χ2n) is 3.73. The largest absolute Gasteiger partial charge is 0.367 e. The molecule has 1 aliphatic rings. The number of benzene rings is 1. The van der Waals surface area contributed by atoms with Crippen LogP contribution in [0.25, 0.3) is 0 Å². The molecule has 1 aliphatic heterocycles. The SMILES string of the molecule is NNC(=O)COCc1ccc2c(c1)NC(=O)CS2. The van der Waals surface area contributed by atoms with Crippen LogP contribution in [0.4, 0.5) is 5.69 Å². The number of nitrogens with one attached hydrogen (secondary N) is 2. The van der Waals surface area contributed by atoms with Crippen LogP contribution in [0.2, 0.25) is 0 Å². The quantitative estimate of drug-likeness (QED) is 0.413. The average Bonchev–Trinajstić information content (AvgIpc) is 2.38. The zero-order valence-corrected chi connectivity index (χ0v) is 10.4. The molecule has 0 saturated carbocycles. The highest BCUT2D eigenvalue weighted by molar-refractivity contribution is 8.00. The Morgan fingerprint density at radius 3 is 3.17 bits per heavy atom. The van der Waals surface area contributed by atoms with Gasteiger partial charge in [0.15, 0.2) is 0 Å². The van der Waals surface area contributed by atoms with E-state index in [9.17, 15) is 9.59 Å². The number of hydrogen-bond donors (Lipinski definition) is 3. The third-order valence-electron chi connectivity index (χ3n) is 2.34. The molecule has 0 unspecified atom stereocenters. The van der Waals surface area contributed by atoms with Gasteiger partial charge >= 0.3 is 0 Å². The second-order valence-corrected chi connectivity index (χ2v) is 4.74. The Balaban J connectivity index is 1.96. The van der Waals surface area contributed by atoms with Gasteiger partial charge in [-0.25, -0.2) is 5.84 Å². The molecule has 1 aromatic carbocycles. The zero-order chi connectivity index (χ0) is 13.0. The van der Waals surface area contributed by atoms with Crippen molar-refractivity contribution in [3.05, 3.63) is 23.8 Å². The van der Waals surface area contributed by atoms with E-state index in [1.54, 1.807) is 0 Å². The number of nitrogens with two attached hydrogens (primary N) is 1. The molecule has 2 rings (SSSR count). The van der Waals surface area contributed by atoms with Crippen LogP contribution in [0.3, 0.4) is 0 Å². The summed E-state index contributed by atoms with van der Waals surface area (Å²) in [5.41, 5.74) is 3.67. The van der Waals surface area contributed by atoms with Gasteiger partial charge in [-0.1, -0.05) is 6.07 Å². The minimum atomic E-state index is -0.378. The van der Waals surface area contributed by atoms with Crippen molar-refractivity contribution in [2.45, 2.75) is 11.5 Å². The molecule has 18 heavy (non-hydrogen) atoms. The van der Waals surface area contributed by atoms with Gasteiger partial charge in [-0.05, 0) is 17.7 Å². The summed E-state index contributed by atoms with van der Waals surface area (Å²) in [5, 5.41) is 2.80. The molecule has 7 heteroatoms. The summed E-state index contributed by atoms with van der Waals surface area (Å²) in [5.74, 6) is 4.99. The van der Waals surface area contributed by atoms with Crippen LogP contribution in [0, 0.1) is 0 Å². The molecule has 0 saturated heterocycles. The smallest absolute Gasteiger partial charge is 0.259 e. The van der Waals surface area contributed by atoms with Crippen LogP contribution < -0.4 is 16.6 Å². The van der Waals surface area contributed by atoms with Gasteiger partial charge in [0.2, 0.25) is 5.91 Å². The number of hydrazine groups is 1. The van der Waals surface area contributed by atoms with Crippen molar-refractivity contribution in [1.82, 2.24) is 5.43 Å². The lowest BCUT2D eigenvalue weighted by molar-refractivity contribution is -0.126. The van der Waals surface area contributed by atoms with Crippen LogP contribution in [-0.4, -0.2) is 24.2 Å². The number of hydrogen-bond acceptors (Lipinski definition) is 5. The number of rotatable bonds is 4. The summed E-state index contributed by atoms with van der Waals surface area (Å²) in [6, 6.07) is 5.69. The third-order valence-corrected chi connectivity index (χ3v) is 3.41. The van der Waals surface area contributed by atoms with Crippen molar-refractivity contribution in [2.24, 2.45) is 5.84 Å². The van der Waals surface area contributed by atoms with Gasteiger partial charge in [0.05, 0.1) is 18.0 Å². The van der Waals surface area contributed by atoms with Crippen LogP contribution in [0.5, 0.6) is 0 Å². The van der Waals surface area contributed by atoms with Crippen molar-refractivity contribution in [3.8, 4) is 0 Å². The van der Waals surface area contributed by atoms with Crippen molar-refractivity contribution in [2.75, 3.05) is 17.7 Å². The number of fused-ring (bicyclic) bond motifs is 1. The Morgan fingerprint density at radius 1 is 1.56 bits per heavy atom. The van der Waals surface area contributed by atoms with E-state index in [-0.39, 0.29) is 18.4 Å². The van der Waals surface area contributed by atoms with Crippen molar-refractivity contribution >= 4 is 29.3 Å². The van der Waals surface area contributed by atoms with Crippen LogP contribution in [0.15, 0.2) is 23.1 Å². The molecule has 0 spiro atoms. The molecule has 0 aliphatic carbocycles. The molecule has 0 aromatic heterocycles. The Hall–Kier alpha value is -1.57. The van der Waals surface area contributed by atoms with Gasteiger partial charge in [-0.15, -0.1) is 11.8 Å². The maximum atomic E-state index is 11.2. The zero-order valence-electron chi connectivity index (χ0n) is 9.56. The fourth-order valence-corrected chi connectivity index (χ4v) is 2.31. The summed E-state index contributed by atoms with van der Waals surface area (Å²) < 4.78 is 5.18. The Bertz CT molecular complexity index is 479. The van der Waals surface area contributed by atoms with Gasteiger partial charge in [0.1, 0.15) is 6.61 Å². The Labute approximate surface area is 108 Å². The molecule has 6 nitrogen and oxygen atoms in total. The van der Waals surface area contributed by atoms with Gasteiger partial charge in [0.25, 0.3) is 5.91 Å². The molecule has 0 atom stereocenters. The number of ether oxygens (including phenoxy) is 1. The molecule has 4 N–H and O–H groups in total. The molecule has 0 radical (unpaired) electrons. The van der Waals surface area contributed by atoms with E-state index in [0.29, 0.717) is 12.4 Å². The number of thioether (sulfide) groups is 1. The monoisotopic (exact) mass is 267 g/mol. The van der Waals surface area contributed by atoms with Gasteiger partial charge in [-0.2, -0.15) is 0 Å². The maximum Gasteiger partial charge on any atom is 0.259 e. The van der Waals surface area contributed by atoms with E-state index in [1.165, 1.54) is 11.8 Å². The standard InChI is InChI=1S/C11H13N3O3S/c12-14-10(15)5-17-4-7-1-2-9-8(3-7)13-11(16)6-18-9/h1-3H,4-6,12H2,(H,13,16)(H,14,15). The van der Waals surface area contributed by atoms with E-state index < -0.39 is 0 Å². The average molecular weight is 267 g/mol. The molecule has 2 amide bonds. The molecular weight excluding hydrogens is 254 g/mol.